The molecule has 0 radical (unpaired) electrons. The topological polar surface area (TPSA) is 55.9 Å². The van der Waals surface area contributed by atoms with Crippen LogP contribution in [0.25, 0.3) is 0 Å². The summed E-state index contributed by atoms with van der Waals surface area (Å²) in [6, 6.07) is 2.00. The predicted molar refractivity (Wildman–Crippen MR) is 64.4 cm³/mol. The summed E-state index contributed by atoms with van der Waals surface area (Å²) in [5.74, 6) is 1.59. The first-order valence-electron chi connectivity index (χ1n) is 5.84. The summed E-state index contributed by atoms with van der Waals surface area (Å²) in [6.45, 7) is 6.86. The van der Waals surface area contributed by atoms with Gasteiger partial charge in [0.15, 0.2) is 0 Å². The van der Waals surface area contributed by atoms with Crippen molar-refractivity contribution in [1.82, 2.24) is 20.1 Å². The molecule has 2 aromatic heterocycles. The molecule has 2 rings (SSSR count). The summed E-state index contributed by atoms with van der Waals surface area (Å²) in [6.07, 6.45) is 4.94. The van der Waals surface area contributed by atoms with Gasteiger partial charge in [0.1, 0.15) is 25.0 Å². The van der Waals surface area contributed by atoms with E-state index in [2.05, 4.69) is 29.2 Å². The van der Waals surface area contributed by atoms with E-state index in [9.17, 15) is 0 Å². The van der Waals surface area contributed by atoms with Gasteiger partial charge in [0.05, 0.1) is 6.26 Å². The maximum Gasteiger partial charge on any atom is 0.137 e. The van der Waals surface area contributed by atoms with Crippen LogP contribution in [0, 0.1) is 5.92 Å². The third-order valence-electron chi connectivity index (χ3n) is 2.48. The minimum atomic E-state index is 0.631. The predicted octanol–water partition coefficient (Wildman–Crippen LogP) is 1.66. The molecule has 0 aliphatic heterocycles. The largest absolute Gasteiger partial charge is 0.467 e. The van der Waals surface area contributed by atoms with Crippen molar-refractivity contribution < 1.29 is 4.42 Å². The van der Waals surface area contributed by atoms with Gasteiger partial charge in [-0.2, -0.15) is 5.10 Å². The summed E-state index contributed by atoms with van der Waals surface area (Å²) in [5.41, 5.74) is 1.18. The Morgan fingerprint density at radius 2 is 2.35 bits per heavy atom. The maximum atomic E-state index is 5.47. The first-order valence-corrected chi connectivity index (χ1v) is 5.84. The van der Waals surface area contributed by atoms with Crippen LogP contribution in [-0.2, 0) is 13.1 Å². The fourth-order valence-corrected chi connectivity index (χ4v) is 1.62. The standard InChI is InChI=1S/C12H18N4O/c1-10(2)5-13-6-11-3-4-17-12(11)7-16-9-14-8-15-16/h3-4,8-10,13H,5-7H2,1-2H3. The van der Waals surface area contributed by atoms with E-state index in [1.165, 1.54) is 11.9 Å². The van der Waals surface area contributed by atoms with E-state index < -0.39 is 0 Å². The molecule has 17 heavy (non-hydrogen) atoms. The van der Waals surface area contributed by atoms with Gasteiger partial charge in [0, 0.05) is 12.1 Å². The number of aromatic nitrogens is 3. The highest BCUT2D eigenvalue weighted by atomic mass is 16.3. The fourth-order valence-electron chi connectivity index (χ4n) is 1.62. The van der Waals surface area contributed by atoms with Crippen molar-refractivity contribution in [2.24, 2.45) is 5.92 Å². The van der Waals surface area contributed by atoms with Gasteiger partial charge >= 0.3 is 0 Å². The van der Waals surface area contributed by atoms with Gasteiger partial charge in [-0.3, -0.25) is 0 Å². The lowest BCUT2D eigenvalue weighted by molar-refractivity contribution is 0.469. The van der Waals surface area contributed by atoms with Crippen molar-refractivity contribution in [2.75, 3.05) is 6.54 Å². The van der Waals surface area contributed by atoms with Crippen LogP contribution in [0.15, 0.2) is 29.4 Å². The molecule has 2 heterocycles. The Labute approximate surface area is 101 Å². The molecule has 0 aliphatic rings. The zero-order chi connectivity index (χ0) is 12.1. The van der Waals surface area contributed by atoms with Crippen molar-refractivity contribution in [3.05, 3.63) is 36.3 Å². The van der Waals surface area contributed by atoms with Gasteiger partial charge < -0.3 is 9.73 Å². The highest BCUT2D eigenvalue weighted by Crippen LogP contribution is 2.11. The first kappa shape index (κ1) is 11.9. The second kappa shape index (κ2) is 5.63. The summed E-state index contributed by atoms with van der Waals surface area (Å²) >= 11 is 0. The Morgan fingerprint density at radius 1 is 1.47 bits per heavy atom. The Hall–Kier alpha value is -1.62. The zero-order valence-electron chi connectivity index (χ0n) is 10.3. The minimum absolute atomic E-state index is 0.631. The molecule has 5 heteroatoms. The molecule has 92 valence electrons. The van der Waals surface area contributed by atoms with Gasteiger partial charge in [-0.1, -0.05) is 13.8 Å². The highest BCUT2D eigenvalue weighted by Gasteiger charge is 2.07. The van der Waals surface area contributed by atoms with E-state index in [0.717, 1.165) is 18.8 Å². The van der Waals surface area contributed by atoms with E-state index >= 15 is 0 Å². The van der Waals surface area contributed by atoms with E-state index in [1.807, 2.05) is 6.07 Å². The molecule has 0 unspecified atom stereocenters. The quantitative estimate of drug-likeness (QED) is 0.826. The summed E-state index contributed by atoms with van der Waals surface area (Å²) in [5, 5.41) is 7.47. The molecule has 0 fully saturated rings. The molecular formula is C12H18N4O. The molecule has 0 aromatic carbocycles. The minimum Gasteiger partial charge on any atom is -0.467 e. The average molecular weight is 234 g/mol. The second-order valence-corrected chi connectivity index (χ2v) is 4.49. The van der Waals surface area contributed by atoms with Gasteiger partial charge in [-0.25, -0.2) is 9.67 Å². The van der Waals surface area contributed by atoms with Gasteiger partial charge in [0.25, 0.3) is 0 Å². The lowest BCUT2D eigenvalue weighted by Gasteiger charge is -2.07. The number of rotatable bonds is 6. The van der Waals surface area contributed by atoms with E-state index in [4.69, 9.17) is 4.42 Å². The number of hydrogen-bond donors (Lipinski definition) is 1. The lowest BCUT2D eigenvalue weighted by atomic mass is 10.2. The third kappa shape index (κ3) is 3.42. The SMILES string of the molecule is CC(C)CNCc1ccoc1Cn1cncn1. The molecular weight excluding hydrogens is 216 g/mol. The monoisotopic (exact) mass is 234 g/mol. The Bertz CT molecular complexity index is 433. The van der Waals surface area contributed by atoms with Crippen molar-refractivity contribution in [1.29, 1.82) is 0 Å². The van der Waals surface area contributed by atoms with Crippen LogP contribution >= 0.6 is 0 Å². The Morgan fingerprint density at radius 3 is 3.06 bits per heavy atom. The van der Waals surface area contributed by atoms with Gasteiger partial charge in [-0.05, 0) is 18.5 Å². The van der Waals surface area contributed by atoms with Crippen LogP contribution in [-0.4, -0.2) is 21.3 Å². The molecule has 0 atom stereocenters. The van der Waals surface area contributed by atoms with E-state index in [1.54, 1.807) is 17.3 Å². The molecule has 5 nitrogen and oxygen atoms in total. The third-order valence-corrected chi connectivity index (χ3v) is 2.48. The highest BCUT2D eigenvalue weighted by molar-refractivity contribution is 5.16. The van der Waals surface area contributed by atoms with Crippen LogP contribution in [0.3, 0.4) is 0 Å². The van der Waals surface area contributed by atoms with Crippen molar-refractivity contribution in [3.63, 3.8) is 0 Å². The molecule has 1 N–H and O–H groups in total. The lowest BCUT2D eigenvalue weighted by Crippen LogP contribution is -2.19. The number of nitrogens with zero attached hydrogens (tertiary/aromatic N) is 3. The molecule has 2 aromatic rings. The number of furan rings is 1. The molecule has 0 saturated carbocycles. The maximum absolute atomic E-state index is 5.47. The fraction of sp³-hybridized carbons (Fsp3) is 0.500. The van der Waals surface area contributed by atoms with E-state index in [-0.39, 0.29) is 0 Å². The van der Waals surface area contributed by atoms with Crippen LogP contribution in [0.1, 0.15) is 25.2 Å². The average Bonchev–Trinajstić information content (AvgIpc) is 2.91. The van der Waals surface area contributed by atoms with Crippen LogP contribution in [0.2, 0.25) is 0 Å². The van der Waals surface area contributed by atoms with Crippen LogP contribution in [0.5, 0.6) is 0 Å². The van der Waals surface area contributed by atoms with Crippen molar-refractivity contribution >= 4 is 0 Å². The van der Waals surface area contributed by atoms with Crippen molar-refractivity contribution in [2.45, 2.75) is 26.9 Å². The second-order valence-electron chi connectivity index (χ2n) is 4.49. The molecule has 0 aliphatic carbocycles. The van der Waals surface area contributed by atoms with Gasteiger partial charge in [-0.15, -0.1) is 0 Å². The Kier molecular flexibility index (Phi) is 3.93. The number of nitrogens with one attached hydrogen (secondary N) is 1. The summed E-state index contributed by atoms with van der Waals surface area (Å²) < 4.78 is 7.22. The van der Waals surface area contributed by atoms with Crippen molar-refractivity contribution in [3.8, 4) is 0 Å². The molecule has 0 bridgehead atoms. The number of hydrogen-bond acceptors (Lipinski definition) is 4. The molecule has 0 spiro atoms. The Balaban J connectivity index is 1.92. The summed E-state index contributed by atoms with van der Waals surface area (Å²) in [4.78, 5) is 3.91. The molecule has 0 amide bonds. The van der Waals surface area contributed by atoms with Crippen LogP contribution < -0.4 is 5.32 Å². The van der Waals surface area contributed by atoms with Gasteiger partial charge in [0.2, 0.25) is 0 Å². The zero-order valence-corrected chi connectivity index (χ0v) is 10.3. The van der Waals surface area contributed by atoms with E-state index in [0.29, 0.717) is 12.5 Å². The first-order chi connectivity index (χ1) is 8.25. The summed E-state index contributed by atoms with van der Waals surface area (Å²) in [7, 11) is 0. The van der Waals surface area contributed by atoms with Crippen LogP contribution in [0.4, 0.5) is 0 Å². The smallest absolute Gasteiger partial charge is 0.137 e. The molecule has 0 saturated heterocycles. The normalized spacial score (nSPS) is 11.2.